The van der Waals surface area contributed by atoms with Gasteiger partial charge in [-0.05, 0) is 60.0 Å². The van der Waals surface area contributed by atoms with E-state index < -0.39 is 5.91 Å². The highest BCUT2D eigenvalue weighted by molar-refractivity contribution is 9.10. The minimum absolute atomic E-state index is 0.215. The van der Waals surface area contributed by atoms with Crippen molar-refractivity contribution in [3.8, 4) is 5.75 Å². The summed E-state index contributed by atoms with van der Waals surface area (Å²) >= 11 is 3.39. The molecule has 0 unspecified atom stereocenters. The Kier molecular flexibility index (Phi) is 5.73. The number of rotatable bonds is 6. The maximum absolute atomic E-state index is 12.1. The van der Waals surface area contributed by atoms with Crippen molar-refractivity contribution in [1.29, 1.82) is 0 Å². The number of carbonyl (C=O) groups is 1. The van der Waals surface area contributed by atoms with Crippen molar-refractivity contribution in [3.05, 3.63) is 64.3 Å². The van der Waals surface area contributed by atoms with Gasteiger partial charge < -0.3 is 9.15 Å². The van der Waals surface area contributed by atoms with E-state index in [1.807, 2.05) is 42.5 Å². The molecule has 3 rings (SSSR count). The third-order valence-corrected chi connectivity index (χ3v) is 4.04. The molecule has 0 aliphatic carbocycles. The average molecular weight is 415 g/mol. The van der Waals surface area contributed by atoms with Crippen molar-refractivity contribution in [3.63, 3.8) is 0 Å². The molecule has 1 heterocycles. The summed E-state index contributed by atoms with van der Waals surface area (Å²) in [6, 6.07) is 14.8. The Morgan fingerprint density at radius 3 is 2.73 bits per heavy atom. The standard InChI is InChI=1S/C20H19BrN2O3/c1-13(2)12-25-17-6-3-14(4-7-17)11-22-23-20(24)19-10-15-9-16(21)5-8-18(15)26-19/h3-11,13H,12H2,1-2H3,(H,23,24)/b22-11+. The van der Waals surface area contributed by atoms with Gasteiger partial charge >= 0.3 is 5.91 Å². The summed E-state index contributed by atoms with van der Waals surface area (Å²) < 4.78 is 12.1. The van der Waals surface area contributed by atoms with Gasteiger partial charge in [0.1, 0.15) is 11.3 Å². The van der Waals surface area contributed by atoms with Crippen molar-refractivity contribution in [2.75, 3.05) is 6.61 Å². The van der Waals surface area contributed by atoms with Crippen molar-refractivity contribution in [1.82, 2.24) is 5.43 Å². The van der Waals surface area contributed by atoms with Gasteiger partial charge in [0.05, 0.1) is 12.8 Å². The molecule has 0 saturated carbocycles. The second-order valence-corrected chi connectivity index (χ2v) is 7.18. The Labute approximate surface area is 160 Å². The fourth-order valence-electron chi connectivity index (χ4n) is 2.26. The fraction of sp³-hybridized carbons (Fsp3) is 0.200. The molecule has 6 heteroatoms. The summed E-state index contributed by atoms with van der Waals surface area (Å²) in [7, 11) is 0. The van der Waals surface area contributed by atoms with Gasteiger partial charge in [0, 0.05) is 9.86 Å². The van der Waals surface area contributed by atoms with Gasteiger partial charge in [-0.1, -0.05) is 29.8 Å². The van der Waals surface area contributed by atoms with Crippen molar-refractivity contribution in [2.24, 2.45) is 11.0 Å². The van der Waals surface area contributed by atoms with Crippen molar-refractivity contribution in [2.45, 2.75) is 13.8 Å². The third kappa shape index (κ3) is 4.73. The summed E-state index contributed by atoms with van der Waals surface area (Å²) in [6.07, 6.45) is 1.57. The van der Waals surface area contributed by atoms with Crippen LogP contribution in [0.3, 0.4) is 0 Å². The van der Waals surface area contributed by atoms with Gasteiger partial charge in [0.2, 0.25) is 0 Å². The maximum atomic E-state index is 12.1. The first-order valence-corrected chi connectivity index (χ1v) is 9.06. The van der Waals surface area contributed by atoms with Crippen LogP contribution in [0.2, 0.25) is 0 Å². The highest BCUT2D eigenvalue weighted by Crippen LogP contribution is 2.23. The average Bonchev–Trinajstić information content (AvgIpc) is 3.04. The number of benzene rings is 2. The van der Waals surface area contributed by atoms with Gasteiger partial charge in [-0.3, -0.25) is 4.79 Å². The van der Waals surface area contributed by atoms with Crippen LogP contribution in [0.1, 0.15) is 30.0 Å². The van der Waals surface area contributed by atoms with E-state index in [1.165, 1.54) is 0 Å². The zero-order valence-electron chi connectivity index (χ0n) is 14.5. The Morgan fingerprint density at radius 2 is 2.00 bits per heavy atom. The molecular weight excluding hydrogens is 396 g/mol. The summed E-state index contributed by atoms with van der Waals surface area (Å²) in [5, 5.41) is 4.83. The molecule has 1 N–H and O–H groups in total. The molecule has 1 amide bonds. The number of hydrogen-bond acceptors (Lipinski definition) is 4. The van der Waals surface area contributed by atoms with Crippen LogP contribution in [0.25, 0.3) is 11.0 Å². The van der Waals surface area contributed by atoms with Gasteiger partial charge in [-0.2, -0.15) is 5.10 Å². The van der Waals surface area contributed by atoms with Crippen LogP contribution in [0.15, 0.2) is 62.5 Å². The molecule has 0 aliphatic heterocycles. The van der Waals surface area contributed by atoms with Gasteiger partial charge in [-0.25, -0.2) is 5.43 Å². The first-order chi connectivity index (χ1) is 12.5. The van der Waals surface area contributed by atoms with Gasteiger partial charge in [0.15, 0.2) is 5.76 Å². The lowest BCUT2D eigenvalue weighted by atomic mass is 10.2. The van der Waals surface area contributed by atoms with Crippen LogP contribution in [0.4, 0.5) is 0 Å². The molecule has 26 heavy (non-hydrogen) atoms. The molecule has 0 saturated heterocycles. The Balaban J connectivity index is 1.59. The summed E-state index contributed by atoms with van der Waals surface area (Å²) in [5.41, 5.74) is 3.98. The molecule has 134 valence electrons. The number of ether oxygens (including phenoxy) is 1. The largest absolute Gasteiger partial charge is 0.493 e. The first-order valence-electron chi connectivity index (χ1n) is 8.26. The molecular formula is C20H19BrN2O3. The topological polar surface area (TPSA) is 63.8 Å². The van der Waals surface area contributed by atoms with Gasteiger partial charge in [0.25, 0.3) is 0 Å². The predicted octanol–water partition coefficient (Wildman–Crippen LogP) is 4.99. The van der Waals surface area contributed by atoms with Gasteiger partial charge in [-0.15, -0.1) is 0 Å². The van der Waals surface area contributed by atoms with Crippen LogP contribution in [-0.2, 0) is 0 Å². The highest BCUT2D eigenvalue weighted by atomic mass is 79.9. The van der Waals surface area contributed by atoms with Crippen molar-refractivity contribution < 1.29 is 13.9 Å². The Hall–Kier alpha value is -2.60. The van der Waals surface area contributed by atoms with Crippen LogP contribution in [0, 0.1) is 5.92 Å². The van der Waals surface area contributed by atoms with Crippen LogP contribution >= 0.6 is 15.9 Å². The lowest BCUT2D eigenvalue weighted by Gasteiger charge is -2.08. The number of fused-ring (bicyclic) bond motifs is 1. The van der Waals surface area contributed by atoms with E-state index in [-0.39, 0.29) is 5.76 Å². The van der Waals surface area contributed by atoms with Crippen molar-refractivity contribution >= 4 is 39.0 Å². The number of furan rings is 1. The zero-order valence-corrected chi connectivity index (χ0v) is 16.1. The number of carbonyl (C=O) groups excluding carboxylic acids is 1. The number of hydrazone groups is 1. The minimum atomic E-state index is -0.398. The fourth-order valence-corrected chi connectivity index (χ4v) is 2.64. The van der Waals surface area contributed by atoms with E-state index in [9.17, 15) is 4.79 Å². The van der Waals surface area contributed by atoms with Crippen LogP contribution in [0.5, 0.6) is 5.75 Å². The predicted molar refractivity (Wildman–Crippen MR) is 106 cm³/mol. The zero-order chi connectivity index (χ0) is 18.5. The number of nitrogens with zero attached hydrogens (tertiary/aromatic N) is 1. The highest BCUT2D eigenvalue weighted by Gasteiger charge is 2.11. The van der Waals surface area contributed by atoms with E-state index in [2.05, 4.69) is 40.3 Å². The molecule has 0 atom stereocenters. The van der Waals surface area contributed by atoms with Crippen LogP contribution in [-0.4, -0.2) is 18.7 Å². The van der Waals surface area contributed by atoms with E-state index in [0.29, 0.717) is 18.1 Å². The van der Waals surface area contributed by atoms with E-state index >= 15 is 0 Å². The number of amides is 1. The lowest BCUT2D eigenvalue weighted by Crippen LogP contribution is -2.16. The Morgan fingerprint density at radius 1 is 1.23 bits per heavy atom. The lowest BCUT2D eigenvalue weighted by molar-refractivity contribution is 0.0929. The molecule has 0 fully saturated rings. The second-order valence-electron chi connectivity index (χ2n) is 6.27. The first kappa shape index (κ1) is 18.2. The second kappa shape index (κ2) is 8.19. The summed E-state index contributed by atoms with van der Waals surface area (Å²) in [5.74, 6) is 1.11. The number of hydrogen-bond donors (Lipinski definition) is 1. The monoisotopic (exact) mass is 414 g/mol. The molecule has 5 nitrogen and oxygen atoms in total. The third-order valence-electron chi connectivity index (χ3n) is 3.55. The summed E-state index contributed by atoms with van der Waals surface area (Å²) in [4.78, 5) is 12.1. The number of halogens is 1. The summed E-state index contributed by atoms with van der Waals surface area (Å²) in [6.45, 7) is 4.88. The molecule has 1 aromatic heterocycles. The molecule has 0 spiro atoms. The molecule has 2 aromatic carbocycles. The van der Waals surface area contributed by atoms with E-state index in [0.717, 1.165) is 21.2 Å². The number of nitrogens with one attached hydrogen (secondary N) is 1. The minimum Gasteiger partial charge on any atom is -0.493 e. The molecule has 3 aromatic rings. The smallest absolute Gasteiger partial charge is 0.307 e. The molecule has 0 aliphatic rings. The molecule has 0 radical (unpaired) electrons. The molecule has 0 bridgehead atoms. The van der Waals surface area contributed by atoms with E-state index in [1.54, 1.807) is 12.3 Å². The SMILES string of the molecule is CC(C)COc1ccc(/C=N/NC(=O)c2cc3cc(Br)ccc3o2)cc1. The quantitative estimate of drug-likeness (QED) is 0.456. The Bertz CT molecular complexity index is 930. The van der Waals surface area contributed by atoms with Crippen LogP contribution < -0.4 is 10.2 Å². The van der Waals surface area contributed by atoms with E-state index in [4.69, 9.17) is 9.15 Å². The maximum Gasteiger partial charge on any atom is 0.307 e. The normalized spacial score (nSPS) is 11.4.